The van der Waals surface area contributed by atoms with Gasteiger partial charge in [0.05, 0.1) is 19.6 Å². The highest BCUT2D eigenvalue weighted by molar-refractivity contribution is 6.33. The van der Waals surface area contributed by atoms with E-state index in [4.69, 9.17) is 0 Å². The van der Waals surface area contributed by atoms with Gasteiger partial charge in [0.25, 0.3) is 0 Å². The first kappa shape index (κ1) is 22.8. The van der Waals surface area contributed by atoms with E-state index in [1.54, 1.807) is 13.8 Å². The number of benzene rings is 2. The van der Waals surface area contributed by atoms with Gasteiger partial charge >= 0.3 is 11.9 Å². The number of hydrogen-bond donors (Lipinski definition) is 0. The second-order valence-electron chi connectivity index (χ2n) is 5.51. The lowest BCUT2D eigenvalue weighted by Crippen LogP contribution is -2.18. The molecule has 6 heteroatoms. The maximum absolute atomic E-state index is 11.8. The standard InChI is InChI=1S/C13H10O.C9H14O5/c14-13(11-7-3-1-4-8-11)12-9-5-2-6-10-12;1-3-13-8(11)6-5-7(10)9(12)14-4-2/h1-10H;3-6H2,1-2H3. The highest BCUT2D eigenvalue weighted by atomic mass is 16.5. The Bertz CT molecular complexity index is 727. The highest BCUT2D eigenvalue weighted by Gasteiger charge is 2.16. The van der Waals surface area contributed by atoms with Crippen molar-refractivity contribution in [3.05, 3.63) is 71.8 Å². The highest BCUT2D eigenvalue weighted by Crippen LogP contribution is 2.08. The molecule has 0 heterocycles. The molecule has 0 saturated heterocycles. The van der Waals surface area contributed by atoms with Gasteiger partial charge in [-0.2, -0.15) is 0 Å². The molecule has 0 unspecified atom stereocenters. The Hall–Kier alpha value is -3.28. The van der Waals surface area contributed by atoms with Crippen LogP contribution in [0.2, 0.25) is 0 Å². The van der Waals surface area contributed by atoms with Crippen molar-refractivity contribution in [2.75, 3.05) is 13.2 Å². The first-order valence-corrected chi connectivity index (χ1v) is 8.99. The summed E-state index contributed by atoms with van der Waals surface area (Å²) >= 11 is 0. The topological polar surface area (TPSA) is 86.7 Å². The molecular formula is C22H24O6. The Morgan fingerprint density at radius 1 is 0.679 bits per heavy atom. The van der Waals surface area contributed by atoms with E-state index in [0.29, 0.717) is 0 Å². The van der Waals surface area contributed by atoms with Crippen LogP contribution in [0.15, 0.2) is 60.7 Å². The van der Waals surface area contributed by atoms with E-state index in [1.807, 2.05) is 60.7 Å². The van der Waals surface area contributed by atoms with Crippen LogP contribution in [0.4, 0.5) is 0 Å². The van der Waals surface area contributed by atoms with Crippen molar-refractivity contribution in [1.29, 1.82) is 0 Å². The van der Waals surface area contributed by atoms with Crippen LogP contribution in [0.25, 0.3) is 0 Å². The molecule has 0 radical (unpaired) electrons. The van der Waals surface area contributed by atoms with E-state index in [2.05, 4.69) is 9.47 Å². The number of Topliss-reactive ketones (excluding diaryl/α,β-unsaturated/α-hetero) is 1. The molecule has 0 amide bonds. The maximum Gasteiger partial charge on any atom is 0.374 e. The molecule has 2 aromatic rings. The van der Waals surface area contributed by atoms with Gasteiger partial charge in [-0.1, -0.05) is 60.7 Å². The SMILES string of the molecule is CCOC(=O)CCC(=O)C(=O)OCC.O=C(c1ccccc1)c1ccccc1. The molecule has 2 aromatic carbocycles. The van der Waals surface area contributed by atoms with E-state index in [-0.39, 0.29) is 31.8 Å². The second kappa shape index (κ2) is 13.0. The first-order valence-electron chi connectivity index (χ1n) is 8.99. The van der Waals surface area contributed by atoms with Gasteiger partial charge in [-0.05, 0) is 13.8 Å². The Balaban J connectivity index is 0.000000280. The minimum atomic E-state index is -0.892. The van der Waals surface area contributed by atoms with Crippen molar-refractivity contribution in [3.8, 4) is 0 Å². The minimum Gasteiger partial charge on any atom is -0.466 e. The zero-order valence-electron chi connectivity index (χ0n) is 16.1. The molecule has 6 nitrogen and oxygen atoms in total. The van der Waals surface area contributed by atoms with Crippen LogP contribution in [0.1, 0.15) is 42.6 Å². The van der Waals surface area contributed by atoms with Crippen LogP contribution < -0.4 is 0 Å². The second-order valence-corrected chi connectivity index (χ2v) is 5.51. The Morgan fingerprint density at radius 3 is 1.57 bits per heavy atom. The van der Waals surface area contributed by atoms with Crippen LogP contribution >= 0.6 is 0 Å². The van der Waals surface area contributed by atoms with Gasteiger partial charge in [0.15, 0.2) is 5.78 Å². The van der Waals surface area contributed by atoms with Gasteiger partial charge in [-0.3, -0.25) is 14.4 Å². The summed E-state index contributed by atoms with van der Waals surface area (Å²) in [4.78, 5) is 44.4. The van der Waals surface area contributed by atoms with E-state index in [0.717, 1.165) is 11.1 Å². The third-order valence-electron chi connectivity index (χ3n) is 3.44. The predicted molar refractivity (Wildman–Crippen MR) is 104 cm³/mol. The van der Waals surface area contributed by atoms with Crippen LogP contribution in [0.3, 0.4) is 0 Å². The number of ketones is 2. The molecule has 0 aromatic heterocycles. The Labute approximate surface area is 164 Å². The third-order valence-corrected chi connectivity index (χ3v) is 3.44. The van der Waals surface area contributed by atoms with Gasteiger partial charge < -0.3 is 9.47 Å². The largest absolute Gasteiger partial charge is 0.466 e. The number of esters is 2. The van der Waals surface area contributed by atoms with Crippen molar-refractivity contribution >= 4 is 23.5 Å². The minimum absolute atomic E-state index is 0.0752. The molecule has 0 saturated carbocycles. The molecule has 28 heavy (non-hydrogen) atoms. The third kappa shape index (κ3) is 8.40. The summed E-state index contributed by atoms with van der Waals surface area (Å²) in [7, 11) is 0. The predicted octanol–water partition coefficient (Wildman–Crippen LogP) is 3.38. The monoisotopic (exact) mass is 384 g/mol. The van der Waals surface area contributed by atoms with Gasteiger partial charge in [-0.15, -0.1) is 0 Å². The summed E-state index contributed by atoms with van der Waals surface area (Å²) in [5.74, 6) is -1.99. The molecule has 0 fully saturated rings. The first-order chi connectivity index (χ1) is 13.5. The van der Waals surface area contributed by atoms with Crippen molar-refractivity contribution in [2.24, 2.45) is 0 Å². The summed E-state index contributed by atoms with van der Waals surface area (Å²) in [5.41, 5.74) is 1.47. The molecule has 0 spiro atoms. The van der Waals surface area contributed by atoms with E-state index in [1.165, 1.54) is 0 Å². The van der Waals surface area contributed by atoms with E-state index in [9.17, 15) is 19.2 Å². The van der Waals surface area contributed by atoms with E-state index < -0.39 is 17.7 Å². The zero-order chi connectivity index (χ0) is 20.8. The fourth-order valence-electron chi connectivity index (χ4n) is 2.11. The zero-order valence-corrected chi connectivity index (χ0v) is 16.1. The van der Waals surface area contributed by atoms with Gasteiger partial charge in [0.2, 0.25) is 5.78 Å². The van der Waals surface area contributed by atoms with Gasteiger partial charge in [0, 0.05) is 17.5 Å². The summed E-state index contributed by atoms with van der Waals surface area (Å²) in [6.45, 7) is 3.71. The van der Waals surface area contributed by atoms with Crippen LogP contribution in [-0.2, 0) is 23.9 Å². The molecule has 0 bridgehead atoms. The molecular weight excluding hydrogens is 360 g/mol. The molecule has 0 aliphatic rings. The van der Waals surface area contributed by atoms with Crippen LogP contribution in [0.5, 0.6) is 0 Å². The average Bonchev–Trinajstić information content (AvgIpc) is 2.73. The maximum atomic E-state index is 11.8. The number of carbonyl (C=O) groups is 4. The summed E-state index contributed by atoms with van der Waals surface area (Å²) in [6, 6.07) is 18.6. The van der Waals surface area contributed by atoms with Gasteiger partial charge in [-0.25, -0.2) is 4.79 Å². The number of carbonyl (C=O) groups excluding carboxylic acids is 4. The molecule has 0 N–H and O–H groups in total. The van der Waals surface area contributed by atoms with Crippen molar-refractivity contribution in [2.45, 2.75) is 26.7 Å². The molecule has 0 aliphatic carbocycles. The Morgan fingerprint density at radius 2 is 1.14 bits per heavy atom. The number of hydrogen-bond acceptors (Lipinski definition) is 6. The Kier molecular flexibility index (Phi) is 10.5. The lowest BCUT2D eigenvalue weighted by atomic mass is 10.0. The summed E-state index contributed by atoms with van der Waals surface area (Å²) in [5, 5.41) is 0. The summed E-state index contributed by atoms with van der Waals surface area (Å²) in [6.07, 6.45) is -0.233. The molecule has 0 aliphatic heterocycles. The fourth-order valence-corrected chi connectivity index (χ4v) is 2.11. The van der Waals surface area contributed by atoms with Crippen LogP contribution in [0, 0.1) is 0 Å². The molecule has 0 atom stereocenters. The van der Waals surface area contributed by atoms with Crippen molar-refractivity contribution in [1.82, 2.24) is 0 Å². The molecule has 148 valence electrons. The van der Waals surface area contributed by atoms with Gasteiger partial charge in [0.1, 0.15) is 0 Å². The summed E-state index contributed by atoms with van der Waals surface area (Å²) < 4.78 is 9.04. The van der Waals surface area contributed by atoms with Crippen LogP contribution in [-0.4, -0.2) is 36.7 Å². The lowest BCUT2D eigenvalue weighted by Gasteiger charge is -2.01. The smallest absolute Gasteiger partial charge is 0.374 e. The fraction of sp³-hybridized carbons (Fsp3) is 0.273. The normalized spacial score (nSPS) is 9.50. The molecule has 2 rings (SSSR count). The van der Waals surface area contributed by atoms with E-state index >= 15 is 0 Å². The number of ether oxygens (including phenoxy) is 2. The van der Waals surface area contributed by atoms with Crippen molar-refractivity contribution in [3.63, 3.8) is 0 Å². The lowest BCUT2D eigenvalue weighted by molar-refractivity contribution is -0.154. The quantitative estimate of drug-likeness (QED) is 0.394. The van der Waals surface area contributed by atoms with Crippen molar-refractivity contribution < 1.29 is 28.7 Å². The average molecular weight is 384 g/mol. The number of rotatable bonds is 8.